The van der Waals surface area contributed by atoms with Gasteiger partial charge in [-0.1, -0.05) is 12.1 Å². The number of nitrogens with zero attached hydrogens (tertiary/aromatic N) is 5. The summed E-state index contributed by atoms with van der Waals surface area (Å²) in [6.07, 6.45) is -1.27. The van der Waals surface area contributed by atoms with E-state index in [1.165, 1.54) is 23.5 Å². The molecule has 1 amide bonds. The number of fused-ring (bicyclic) bond motifs is 1. The minimum absolute atomic E-state index is 0.0852. The van der Waals surface area contributed by atoms with Crippen molar-refractivity contribution in [2.75, 3.05) is 38.5 Å². The number of ether oxygens (including phenoxy) is 1. The lowest BCUT2D eigenvalue weighted by Gasteiger charge is -2.33. The molecule has 43 heavy (non-hydrogen) atoms. The lowest BCUT2D eigenvalue weighted by Crippen LogP contribution is -2.44. The van der Waals surface area contributed by atoms with Crippen molar-refractivity contribution < 1.29 is 22.7 Å². The Balaban J connectivity index is 1.21. The molecule has 0 saturated carbocycles. The van der Waals surface area contributed by atoms with Gasteiger partial charge in [0.25, 0.3) is 5.91 Å². The van der Waals surface area contributed by atoms with Crippen LogP contribution in [0.5, 0.6) is 11.6 Å². The van der Waals surface area contributed by atoms with Crippen LogP contribution in [0.15, 0.2) is 78.4 Å². The Morgan fingerprint density at radius 1 is 1.02 bits per heavy atom. The number of carbonyl (C=O) groups is 1. The van der Waals surface area contributed by atoms with E-state index in [0.29, 0.717) is 36.2 Å². The van der Waals surface area contributed by atoms with Crippen LogP contribution in [0, 0.1) is 0 Å². The second-order valence-electron chi connectivity index (χ2n) is 10.3. The van der Waals surface area contributed by atoms with Gasteiger partial charge in [-0.3, -0.25) is 14.7 Å². The first-order valence-electron chi connectivity index (χ1n) is 13.6. The molecule has 0 atom stereocenters. The number of benzene rings is 2. The third-order valence-corrected chi connectivity index (χ3v) is 8.06. The average Bonchev–Trinajstić information content (AvgIpc) is 3.48. The Morgan fingerprint density at radius 3 is 2.63 bits per heavy atom. The molecular formula is C31H27F3N6O2S. The second-order valence-corrected chi connectivity index (χ2v) is 11.2. The lowest BCUT2D eigenvalue weighted by atomic mass is 10.0. The van der Waals surface area contributed by atoms with Crippen LogP contribution in [0.1, 0.15) is 21.5 Å². The standard InChI is InChI=1S/C31H27F3N6O2S/c1-39-11-13-40(14-12-39)19-22-8-7-20(16-25(22)31(32,33)34)29(41)36-23-5-2-6-24(17-23)42-30-27-26(9-15-43-27)37-28(38-30)21-4-3-10-35-18-21/h2-10,15-18H,11-14,19H2,1H3,(H,36,41). The highest BCUT2D eigenvalue weighted by Crippen LogP contribution is 2.35. The zero-order chi connectivity index (χ0) is 30.0. The van der Waals surface area contributed by atoms with Gasteiger partial charge < -0.3 is 15.0 Å². The van der Waals surface area contributed by atoms with E-state index in [1.807, 2.05) is 29.5 Å². The number of amides is 1. The number of halogens is 3. The number of aromatic nitrogens is 3. The Bertz CT molecular complexity index is 1750. The van der Waals surface area contributed by atoms with E-state index in [0.717, 1.165) is 34.9 Å². The molecule has 0 bridgehead atoms. The highest BCUT2D eigenvalue weighted by atomic mass is 32.1. The van der Waals surface area contributed by atoms with Crippen molar-refractivity contribution >= 4 is 33.1 Å². The molecule has 5 aromatic rings. The van der Waals surface area contributed by atoms with Crippen molar-refractivity contribution in [3.8, 4) is 23.0 Å². The molecule has 0 aliphatic carbocycles. The number of likely N-dealkylation sites (N-methyl/N-ethyl adjacent to an activating group) is 1. The first-order valence-corrected chi connectivity index (χ1v) is 14.5. The maximum absolute atomic E-state index is 14.0. The van der Waals surface area contributed by atoms with Gasteiger partial charge in [-0.15, -0.1) is 11.3 Å². The summed E-state index contributed by atoms with van der Waals surface area (Å²) in [5, 5.41) is 4.59. The summed E-state index contributed by atoms with van der Waals surface area (Å²) in [6, 6.07) is 15.9. The SMILES string of the molecule is CN1CCN(Cc2ccc(C(=O)Nc3cccc(Oc4nc(-c5cccnc5)nc5ccsc45)c3)cc2C(F)(F)F)CC1. The van der Waals surface area contributed by atoms with Crippen LogP contribution in [-0.2, 0) is 12.7 Å². The molecule has 8 nitrogen and oxygen atoms in total. The summed E-state index contributed by atoms with van der Waals surface area (Å²) in [4.78, 5) is 30.6. The smallest absolute Gasteiger partial charge is 0.416 e. The third-order valence-electron chi connectivity index (χ3n) is 7.17. The first kappa shape index (κ1) is 28.7. The molecule has 2 aromatic carbocycles. The van der Waals surface area contributed by atoms with E-state index in [4.69, 9.17) is 4.74 Å². The van der Waals surface area contributed by atoms with Gasteiger partial charge in [0.2, 0.25) is 5.88 Å². The molecule has 1 aliphatic heterocycles. The molecular weight excluding hydrogens is 577 g/mol. The van der Waals surface area contributed by atoms with Gasteiger partial charge in [0, 0.05) is 68.0 Å². The third kappa shape index (κ3) is 6.66. The predicted octanol–water partition coefficient (Wildman–Crippen LogP) is 6.56. The van der Waals surface area contributed by atoms with Crippen molar-refractivity contribution in [2.45, 2.75) is 12.7 Å². The minimum Gasteiger partial charge on any atom is -0.437 e. The van der Waals surface area contributed by atoms with Gasteiger partial charge in [0.15, 0.2) is 5.82 Å². The molecule has 1 saturated heterocycles. The lowest BCUT2D eigenvalue weighted by molar-refractivity contribution is -0.138. The average molecular weight is 605 g/mol. The Kier molecular flexibility index (Phi) is 8.06. The monoisotopic (exact) mass is 604 g/mol. The van der Waals surface area contributed by atoms with E-state index in [2.05, 4.69) is 25.2 Å². The number of hydrogen-bond donors (Lipinski definition) is 1. The number of thiophene rings is 1. The number of rotatable bonds is 7. The van der Waals surface area contributed by atoms with E-state index in [-0.39, 0.29) is 17.7 Å². The number of pyridine rings is 1. The molecule has 0 radical (unpaired) electrons. The predicted molar refractivity (Wildman–Crippen MR) is 159 cm³/mol. The summed E-state index contributed by atoms with van der Waals surface area (Å²) in [5.41, 5.74) is 1.08. The van der Waals surface area contributed by atoms with Gasteiger partial charge in [-0.25, -0.2) is 4.98 Å². The topological polar surface area (TPSA) is 83.5 Å². The summed E-state index contributed by atoms with van der Waals surface area (Å²) >= 11 is 1.43. The van der Waals surface area contributed by atoms with E-state index in [9.17, 15) is 18.0 Å². The summed E-state index contributed by atoms with van der Waals surface area (Å²) in [5.74, 6) is 0.528. The van der Waals surface area contributed by atoms with Gasteiger partial charge in [-0.2, -0.15) is 18.2 Å². The fraction of sp³-hybridized carbons (Fsp3) is 0.226. The van der Waals surface area contributed by atoms with Crippen LogP contribution in [0.4, 0.5) is 18.9 Å². The molecule has 3 aromatic heterocycles. The van der Waals surface area contributed by atoms with Crippen molar-refractivity contribution in [3.63, 3.8) is 0 Å². The van der Waals surface area contributed by atoms with Crippen molar-refractivity contribution in [3.05, 3.63) is 95.1 Å². The maximum Gasteiger partial charge on any atom is 0.416 e. The summed E-state index contributed by atoms with van der Waals surface area (Å²) in [6.45, 7) is 3.14. The Morgan fingerprint density at radius 2 is 1.86 bits per heavy atom. The van der Waals surface area contributed by atoms with Gasteiger partial charge in [0.05, 0.1) is 11.1 Å². The van der Waals surface area contributed by atoms with E-state index < -0.39 is 17.6 Å². The number of anilines is 1. The molecule has 1 fully saturated rings. The molecule has 6 rings (SSSR count). The first-order chi connectivity index (χ1) is 20.7. The highest BCUT2D eigenvalue weighted by molar-refractivity contribution is 7.17. The number of hydrogen-bond acceptors (Lipinski definition) is 8. The van der Waals surface area contributed by atoms with Crippen molar-refractivity contribution in [1.82, 2.24) is 24.8 Å². The highest BCUT2D eigenvalue weighted by Gasteiger charge is 2.34. The molecule has 220 valence electrons. The van der Waals surface area contributed by atoms with Crippen LogP contribution in [0.2, 0.25) is 0 Å². The molecule has 12 heteroatoms. The van der Waals surface area contributed by atoms with Crippen LogP contribution < -0.4 is 10.1 Å². The molecule has 1 N–H and O–H groups in total. The van der Waals surface area contributed by atoms with Gasteiger partial charge >= 0.3 is 6.18 Å². The van der Waals surface area contributed by atoms with Gasteiger partial charge in [0.1, 0.15) is 10.4 Å². The van der Waals surface area contributed by atoms with E-state index >= 15 is 0 Å². The van der Waals surface area contributed by atoms with Crippen molar-refractivity contribution in [1.29, 1.82) is 0 Å². The quantitative estimate of drug-likeness (QED) is 0.225. The minimum atomic E-state index is -4.59. The summed E-state index contributed by atoms with van der Waals surface area (Å²) < 4.78 is 49.0. The van der Waals surface area contributed by atoms with Crippen LogP contribution >= 0.6 is 11.3 Å². The maximum atomic E-state index is 14.0. The van der Waals surface area contributed by atoms with E-state index in [1.54, 1.807) is 42.7 Å². The second kappa shape index (κ2) is 12.1. The molecule has 0 unspecified atom stereocenters. The van der Waals surface area contributed by atoms with Crippen LogP contribution in [0.3, 0.4) is 0 Å². The van der Waals surface area contributed by atoms with Gasteiger partial charge in [-0.05, 0) is 60.5 Å². The zero-order valence-electron chi connectivity index (χ0n) is 23.1. The molecule has 4 heterocycles. The normalized spacial score (nSPS) is 14.6. The van der Waals surface area contributed by atoms with Crippen molar-refractivity contribution in [2.24, 2.45) is 0 Å². The number of nitrogens with one attached hydrogen (secondary N) is 1. The zero-order valence-corrected chi connectivity index (χ0v) is 24.0. The molecule has 1 aliphatic rings. The fourth-order valence-corrected chi connectivity index (χ4v) is 5.60. The Labute approximate surface area is 249 Å². The van der Waals surface area contributed by atoms with Crippen LogP contribution in [-0.4, -0.2) is 63.9 Å². The fourth-order valence-electron chi connectivity index (χ4n) is 4.85. The number of carbonyl (C=O) groups excluding carboxylic acids is 1. The van der Waals surface area contributed by atoms with Crippen LogP contribution in [0.25, 0.3) is 21.6 Å². The summed E-state index contributed by atoms with van der Waals surface area (Å²) in [7, 11) is 1.99. The Hall–Kier alpha value is -4.39. The molecule has 0 spiro atoms. The largest absolute Gasteiger partial charge is 0.437 e. The number of piperazine rings is 1. The number of alkyl halides is 3.